The maximum Gasteiger partial charge on any atom is 0.258 e. The number of carbonyl (C=O) groups is 1. The Kier molecular flexibility index (Phi) is 7.06. The molecule has 2 heterocycles. The summed E-state index contributed by atoms with van der Waals surface area (Å²) in [6, 6.07) is 10.9. The van der Waals surface area contributed by atoms with E-state index >= 15 is 0 Å². The van der Waals surface area contributed by atoms with Crippen molar-refractivity contribution >= 4 is 27.3 Å². The molecule has 2 aromatic rings. The summed E-state index contributed by atoms with van der Waals surface area (Å²) in [5.74, 6) is 0.451. The molecule has 1 saturated heterocycles. The van der Waals surface area contributed by atoms with E-state index in [4.69, 9.17) is 9.47 Å². The van der Waals surface area contributed by atoms with Gasteiger partial charge in [0.25, 0.3) is 15.9 Å². The Morgan fingerprint density at radius 3 is 2.71 bits per heavy atom. The Hall–Kier alpha value is -1.94. The van der Waals surface area contributed by atoms with Crippen LogP contribution in [0.3, 0.4) is 0 Å². The number of nitrogens with one attached hydrogen (secondary N) is 1. The molecule has 152 valence electrons. The normalized spacial score (nSPS) is 15.3. The highest BCUT2D eigenvalue weighted by Crippen LogP contribution is 2.25. The first-order valence-electron chi connectivity index (χ1n) is 9.14. The van der Waals surface area contributed by atoms with Gasteiger partial charge in [-0.2, -0.15) is 4.31 Å². The van der Waals surface area contributed by atoms with Crippen molar-refractivity contribution in [3.05, 3.63) is 46.8 Å². The number of para-hydroxylation sites is 1. The van der Waals surface area contributed by atoms with Gasteiger partial charge in [-0.25, -0.2) is 8.42 Å². The molecule has 1 amide bonds. The van der Waals surface area contributed by atoms with E-state index in [0.717, 1.165) is 16.9 Å². The summed E-state index contributed by atoms with van der Waals surface area (Å²) in [6.45, 7) is 3.76. The minimum absolute atomic E-state index is 0.0820. The Labute approximate surface area is 169 Å². The first-order chi connectivity index (χ1) is 13.5. The molecule has 0 bridgehead atoms. The van der Waals surface area contributed by atoms with E-state index in [2.05, 4.69) is 5.32 Å². The summed E-state index contributed by atoms with van der Waals surface area (Å²) in [4.78, 5) is 12.8. The second-order valence-electron chi connectivity index (χ2n) is 6.26. The van der Waals surface area contributed by atoms with Crippen molar-refractivity contribution in [2.45, 2.75) is 24.1 Å². The zero-order valence-corrected chi connectivity index (χ0v) is 17.4. The van der Waals surface area contributed by atoms with Gasteiger partial charge in [0.05, 0.1) is 19.8 Å². The van der Waals surface area contributed by atoms with Crippen LogP contribution in [0.4, 0.5) is 0 Å². The molecule has 28 heavy (non-hydrogen) atoms. The van der Waals surface area contributed by atoms with Gasteiger partial charge in [-0.3, -0.25) is 4.79 Å². The number of aryl methyl sites for hydroxylation is 1. The number of morpholine rings is 1. The van der Waals surface area contributed by atoms with Gasteiger partial charge in [0.15, 0.2) is 6.61 Å². The maximum atomic E-state index is 12.6. The second kappa shape index (κ2) is 9.51. The minimum Gasteiger partial charge on any atom is -0.483 e. The van der Waals surface area contributed by atoms with Crippen LogP contribution in [-0.4, -0.2) is 51.5 Å². The predicted octanol–water partition coefficient (Wildman–Crippen LogP) is 2.03. The molecule has 0 radical (unpaired) electrons. The fourth-order valence-corrected chi connectivity index (χ4v) is 5.68. The Morgan fingerprint density at radius 1 is 1.21 bits per heavy atom. The zero-order chi connectivity index (χ0) is 20.0. The smallest absolute Gasteiger partial charge is 0.258 e. The third kappa shape index (κ3) is 5.11. The first-order valence-corrected chi connectivity index (χ1v) is 11.4. The lowest BCUT2D eigenvalue weighted by Crippen LogP contribution is -2.40. The van der Waals surface area contributed by atoms with Gasteiger partial charge in [0, 0.05) is 18.0 Å². The number of carbonyl (C=O) groups excluding carboxylic acids is 1. The lowest BCUT2D eigenvalue weighted by atomic mass is 10.1. The molecule has 7 nitrogen and oxygen atoms in total. The van der Waals surface area contributed by atoms with Crippen molar-refractivity contribution in [2.24, 2.45) is 0 Å². The van der Waals surface area contributed by atoms with Crippen LogP contribution >= 0.6 is 11.3 Å². The summed E-state index contributed by atoms with van der Waals surface area (Å²) in [6.07, 6.45) is 0.827. The summed E-state index contributed by atoms with van der Waals surface area (Å²) in [5, 5.41) is 2.77. The third-order valence-electron chi connectivity index (χ3n) is 4.37. The largest absolute Gasteiger partial charge is 0.483 e. The van der Waals surface area contributed by atoms with E-state index in [1.807, 2.05) is 31.2 Å². The summed E-state index contributed by atoms with van der Waals surface area (Å²) < 4.78 is 37.8. The number of nitrogens with zero attached hydrogens (tertiary/aromatic N) is 1. The second-order valence-corrected chi connectivity index (χ2v) is 9.60. The van der Waals surface area contributed by atoms with Crippen LogP contribution in [0.5, 0.6) is 5.75 Å². The van der Waals surface area contributed by atoms with Gasteiger partial charge < -0.3 is 14.8 Å². The van der Waals surface area contributed by atoms with E-state index in [1.54, 1.807) is 12.1 Å². The summed E-state index contributed by atoms with van der Waals surface area (Å²) in [7, 11) is -3.50. The van der Waals surface area contributed by atoms with Crippen molar-refractivity contribution in [2.75, 3.05) is 32.9 Å². The van der Waals surface area contributed by atoms with E-state index in [0.29, 0.717) is 32.1 Å². The van der Waals surface area contributed by atoms with Crippen LogP contribution in [0.15, 0.2) is 40.6 Å². The van der Waals surface area contributed by atoms with Gasteiger partial charge in [0.1, 0.15) is 9.96 Å². The Morgan fingerprint density at radius 2 is 1.96 bits per heavy atom. The Balaban J connectivity index is 1.52. The number of hydrogen-bond acceptors (Lipinski definition) is 6. The number of hydrogen-bond donors (Lipinski definition) is 1. The highest BCUT2D eigenvalue weighted by Gasteiger charge is 2.27. The molecule has 3 rings (SSSR count). The molecule has 1 aromatic carbocycles. The van der Waals surface area contributed by atoms with Crippen LogP contribution in [0.25, 0.3) is 0 Å². The Bertz CT molecular complexity index is 905. The van der Waals surface area contributed by atoms with Crippen molar-refractivity contribution < 1.29 is 22.7 Å². The van der Waals surface area contributed by atoms with Crippen molar-refractivity contribution in [3.8, 4) is 5.75 Å². The SMILES string of the molecule is CCc1ccccc1OCC(=O)NCc1ccc(S(=O)(=O)N2CCOCC2)s1. The van der Waals surface area contributed by atoms with Crippen LogP contribution in [0.1, 0.15) is 17.4 Å². The van der Waals surface area contributed by atoms with E-state index in [9.17, 15) is 13.2 Å². The van der Waals surface area contributed by atoms with E-state index in [1.165, 1.54) is 15.6 Å². The number of sulfonamides is 1. The van der Waals surface area contributed by atoms with Crippen molar-refractivity contribution in [3.63, 3.8) is 0 Å². The molecular formula is C19H24N2O5S2. The average Bonchev–Trinajstić information content (AvgIpc) is 3.21. The maximum absolute atomic E-state index is 12.6. The molecule has 1 aliphatic rings. The van der Waals surface area contributed by atoms with Gasteiger partial charge in [0.2, 0.25) is 0 Å². The van der Waals surface area contributed by atoms with Crippen LogP contribution in [-0.2, 0) is 32.5 Å². The standard InChI is InChI=1S/C19H24N2O5S2/c1-2-15-5-3-4-6-17(15)26-14-18(22)20-13-16-7-8-19(27-16)28(23,24)21-9-11-25-12-10-21/h3-8H,2,9-14H2,1H3,(H,20,22). The van der Waals surface area contributed by atoms with Gasteiger partial charge >= 0.3 is 0 Å². The lowest BCUT2D eigenvalue weighted by Gasteiger charge is -2.25. The molecule has 9 heteroatoms. The summed E-state index contributed by atoms with van der Waals surface area (Å²) >= 11 is 1.17. The number of benzene rings is 1. The molecule has 0 spiro atoms. The van der Waals surface area contributed by atoms with E-state index in [-0.39, 0.29) is 23.3 Å². The molecule has 0 unspecified atom stereocenters. The fraction of sp³-hybridized carbons (Fsp3) is 0.421. The minimum atomic E-state index is -3.50. The van der Waals surface area contributed by atoms with Gasteiger partial charge in [-0.05, 0) is 30.2 Å². The molecule has 1 aromatic heterocycles. The molecule has 0 aliphatic carbocycles. The molecule has 1 N–H and O–H groups in total. The zero-order valence-electron chi connectivity index (χ0n) is 15.7. The number of ether oxygens (including phenoxy) is 2. The highest BCUT2D eigenvalue weighted by atomic mass is 32.2. The number of rotatable bonds is 8. The molecule has 0 atom stereocenters. The molecule has 1 fully saturated rings. The monoisotopic (exact) mass is 424 g/mol. The van der Waals surface area contributed by atoms with Gasteiger partial charge in [-0.1, -0.05) is 25.1 Å². The fourth-order valence-electron chi connectivity index (χ4n) is 2.82. The van der Waals surface area contributed by atoms with Crippen LogP contribution in [0.2, 0.25) is 0 Å². The number of amides is 1. The first kappa shape index (κ1) is 20.8. The number of thiophene rings is 1. The summed E-state index contributed by atoms with van der Waals surface area (Å²) in [5.41, 5.74) is 1.05. The van der Waals surface area contributed by atoms with Crippen molar-refractivity contribution in [1.82, 2.24) is 9.62 Å². The predicted molar refractivity (Wildman–Crippen MR) is 107 cm³/mol. The average molecular weight is 425 g/mol. The van der Waals surface area contributed by atoms with Crippen LogP contribution in [0, 0.1) is 0 Å². The van der Waals surface area contributed by atoms with Crippen LogP contribution < -0.4 is 10.1 Å². The third-order valence-corrected chi connectivity index (χ3v) is 7.82. The van der Waals surface area contributed by atoms with Gasteiger partial charge in [-0.15, -0.1) is 11.3 Å². The quantitative estimate of drug-likeness (QED) is 0.701. The lowest BCUT2D eigenvalue weighted by molar-refractivity contribution is -0.123. The topological polar surface area (TPSA) is 84.9 Å². The molecular weight excluding hydrogens is 400 g/mol. The highest BCUT2D eigenvalue weighted by molar-refractivity contribution is 7.91. The van der Waals surface area contributed by atoms with Crippen molar-refractivity contribution in [1.29, 1.82) is 0 Å². The molecule has 1 aliphatic heterocycles. The van der Waals surface area contributed by atoms with E-state index < -0.39 is 10.0 Å². The molecule has 0 saturated carbocycles.